The number of carbonyl (C=O) groups is 1. The summed E-state index contributed by atoms with van der Waals surface area (Å²) in [6, 6.07) is 2.13. The molecule has 3 rings (SSSR count). The van der Waals surface area contributed by atoms with Gasteiger partial charge in [0.15, 0.2) is 10.6 Å². The summed E-state index contributed by atoms with van der Waals surface area (Å²) < 4.78 is 34.8. The number of methoxy groups -OCH3 is 1. The Balaban J connectivity index is 2.06. The number of benzene rings is 1. The lowest BCUT2D eigenvalue weighted by Crippen LogP contribution is -2.23. The first-order chi connectivity index (χ1) is 11.6. The van der Waals surface area contributed by atoms with Gasteiger partial charge in [-0.15, -0.1) is 0 Å². The third kappa shape index (κ3) is 3.57. The Bertz CT molecular complexity index is 807. The van der Waals surface area contributed by atoms with Crippen LogP contribution in [0.3, 0.4) is 0 Å². The van der Waals surface area contributed by atoms with Crippen molar-refractivity contribution in [2.45, 2.75) is 38.6 Å². The van der Waals surface area contributed by atoms with Gasteiger partial charge < -0.3 is 9.30 Å². The predicted octanol–water partition coefficient (Wildman–Crippen LogP) is 3.64. The van der Waals surface area contributed by atoms with E-state index >= 15 is 0 Å². The molecule has 1 fully saturated rings. The van der Waals surface area contributed by atoms with E-state index in [-0.39, 0.29) is 17.3 Å². The lowest BCUT2D eigenvalue weighted by Gasteiger charge is -2.17. The highest BCUT2D eigenvalue weighted by Gasteiger charge is 2.21. The monoisotopic (exact) mass is 354 g/mol. The van der Waals surface area contributed by atoms with E-state index in [9.17, 15) is 13.6 Å². The quantitative estimate of drug-likeness (QED) is 0.841. The third-order valence-electron chi connectivity index (χ3n) is 4.37. The minimum absolute atomic E-state index is 0.0542. The average molecular weight is 354 g/mol. The van der Waals surface area contributed by atoms with Crippen molar-refractivity contribution < 1.29 is 18.3 Å². The van der Waals surface area contributed by atoms with E-state index in [0.717, 1.165) is 49.5 Å². The highest BCUT2D eigenvalue weighted by atomic mass is 32.1. The normalized spacial score (nSPS) is 16.9. The number of halogens is 2. The number of fused-ring (bicyclic) bond motifs is 1. The molecule has 4 nitrogen and oxygen atoms in total. The molecule has 0 atom stereocenters. The summed E-state index contributed by atoms with van der Waals surface area (Å²) in [6.07, 6.45) is 4.96. The van der Waals surface area contributed by atoms with Crippen LogP contribution in [-0.2, 0) is 16.1 Å². The summed E-state index contributed by atoms with van der Waals surface area (Å²) in [5, 5.41) is 0. The number of amides is 1. The van der Waals surface area contributed by atoms with Gasteiger partial charge in [0.1, 0.15) is 5.82 Å². The fourth-order valence-electron chi connectivity index (χ4n) is 3.14. The summed E-state index contributed by atoms with van der Waals surface area (Å²) in [4.78, 5) is 17.1. The van der Waals surface area contributed by atoms with E-state index in [2.05, 4.69) is 4.99 Å². The van der Waals surface area contributed by atoms with E-state index in [1.54, 1.807) is 11.7 Å². The highest BCUT2D eigenvalue weighted by Crippen LogP contribution is 2.25. The van der Waals surface area contributed by atoms with Crippen LogP contribution < -0.4 is 4.80 Å². The van der Waals surface area contributed by atoms with Crippen LogP contribution in [0, 0.1) is 17.6 Å². The molecule has 7 heteroatoms. The van der Waals surface area contributed by atoms with Crippen LogP contribution >= 0.6 is 11.3 Å². The van der Waals surface area contributed by atoms with Crippen LogP contribution in [0.25, 0.3) is 10.2 Å². The standard InChI is InChI=1S/C17H20F2N2O2S/c1-23-8-7-21-15-13(19)9-12(18)10-14(15)24-17(21)20-16(22)11-5-3-2-4-6-11/h9-11H,2-8H2,1H3. The fraction of sp³-hybridized carbons (Fsp3) is 0.529. The van der Waals surface area contributed by atoms with Gasteiger partial charge in [0.05, 0.1) is 16.8 Å². The third-order valence-corrected chi connectivity index (χ3v) is 5.40. The average Bonchev–Trinajstić information content (AvgIpc) is 2.90. The van der Waals surface area contributed by atoms with Crippen LogP contribution in [0.4, 0.5) is 8.78 Å². The van der Waals surface area contributed by atoms with Gasteiger partial charge in [0.25, 0.3) is 5.91 Å². The highest BCUT2D eigenvalue weighted by molar-refractivity contribution is 7.16. The van der Waals surface area contributed by atoms with Gasteiger partial charge >= 0.3 is 0 Å². The molecule has 0 radical (unpaired) electrons. The van der Waals surface area contributed by atoms with Crippen molar-refractivity contribution in [1.82, 2.24) is 4.57 Å². The Morgan fingerprint density at radius 3 is 2.79 bits per heavy atom. The van der Waals surface area contributed by atoms with Crippen LogP contribution in [0.15, 0.2) is 17.1 Å². The number of aromatic nitrogens is 1. The summed E-state index contributed by atoms with van der Waals surface area (Å²) in [7, 11) is 1.55. The van der Waals surface area contributed by atoms with Crippen LogP contribution in [0.1, 0.15) is 32.1 Å². The number of carbonyl (C=O) groups excluding carboxylic acids is 1. The van der Waals surface area contributed by atoms with Gasteiger partial charge in [-0.1, -0.05) is 30.6 Å². The molecule has 0 bridgehead atoms. The molecule has 130 valence electrons. The van der Waals surface area contributed by atoms with Gasteiger partial charge in [-0.25, -0.2) is 8.78 Å². The van der Waals surface area contributed by atoms with Crippen molar-refractivity contribution in [2.24, 2.45) is 10.9 Å². The summed E-state index contributed by atoms with van der Waals surface area (Å²) in [5.74, 6) is -1.50. The topological polar surface area (TPSA) is 43.6 Å². The number of hydrogen-bond acceptors (Lipinski definition) is 3. The molecule has 0 saturated heterocycles. The maximum atomic E-state index is 14.2. The minimum atomic E-state index is -0.649. The first-order valence-electron chi connectivity index (χ1n) is 8.16. The second-order valence-electron chi connectivity index (χ2n) is 6.05. The Morgan fingerprint density at radius 2 is 2.08 bits per heavy atom. The second-order valence-corrected chi connectivity index (χ2v) is 7.06. The molecule has 1 amide bonds. The molecule has 0 N–H and O–H groups in total. The van der Waals surface area contributed by atoms with Gasteiger partial charge in [-0.3, -0.25) is 4.79 Å². The molecule has 1 aliphatic carbocycles. The lowest BCUT2D eigenvalue weighted by atomic mass is 9.89. The summed E-state index contributed by atoms with van der Waals surface area (Å²) in [6.45, 7) is 0.712. The van der Waals surface area contributed by atoms with Gasteiger partial charge in [-0.2, -0.15) is 4.99 Å². The molecular weight excluding hydrogens is 334 g/mol. The molecule has 1 aromatic heterocycles. The number of rotatable bonds is 4. The van der Waals surface area contributed by atoms with Crippen molar-refractivity contribution in [1.29, 1.82) is 0 Å². The van der Waals surface area contributed by atoms with Gasteiger partial charge in [-0.05, 0) is 18.9 Å². The first kappa shape index (κ1) is 17.2. The van der Waals surface area contributed by atoms with Crippen LogP contribution in [0.5, 0.6) is 0 Å². The molecule has 1 aliphatic rings. The number of nitrogens with zero attached hydrogens (tertiary/aromatic N) is 2. The molecule has 1 saturated carbocycles. The van der Waals surface area contributed by atoms with E-state index in [1.165, 1.54) is 6.07 Å². The van der Waals surface area contributed by atoms with Gasteiger partial charge in [0.2, 0.25) is 0 Å². The Kier molecular flexibility index (Phi) is 5.40. The molecule has 0 aliphatic heterocycles. The smallest absolute Gasteiger partial charge is 0.251 e. The number of ether oxygens (including phenoxy) is 1. The molecule has 2 aromatic rings. The molecule has 0 spiro atoms. The maximum Gasteiger partial charge on any atom is 0.251 e. The molecule has 0 unspecified atom stereocenters. The van der Waals surface area contributed by atoms with Gasteiger partial charge in [0, 0.05) is 25.6 Å². The Hall–Kier alpha value is -1.60. The van der Waals surface area contributed by atoms with Crippen molar-refractivity contribution in [3.8, 4) is 0 Å². The SMILES string of the molecule is COCCn1c(=NC(=O)C2CCCCC2)sc2cc(F)cc(F)c21. The van der Waals surface area contributed by atoms with E-state index < -0.39 is 11.6 Å². The molecule has 1 heterocycles. The summed E-state index contributed by atoms with van der Waals surface area (Å²) in [5.41, 5.74) is 0.272. The lowest BCUT2D eigenvalue weighted by molar-refractivity contribution is -0.122. The first-order valence-corrected chi connectivity index (χ1v) is 8.97. The fourth-order valence-corrected chi connectivity index (χ4v) is 4.24. The molecule has 1 aromatic carbocycles. The van der Waals surface area contributed by atoms with E-state index in [0.29, 0.717) is 22.7 Å². The van der Waals surface area contributed by atoms with Crippen molar-refractivity contribution >= 4 is 27.5 Å². The van der Waals surface area contributed by atoms with E-state index in [1.807, 2.05) is 0 Å². The molecular formula is C17H20F2N2O2S. The zero-order valence-electron chi connectivity index (χ0n) is 13.6. The second kappa shape index (κ2) is 7.53. The predicted molar refractivity (Wildman–Crippen MR) is 88.8 cm³/mol. The largest absolute Gasteiger partial charge is 0.383 e. The van der Waals surface area contributed by atoms with Crippen molar-refractivity contribution in [3.63, 3.8) is 0 Å². The number of hydrogen-bond donors (Lipinski definition) is 0. The van der Waals surface area contributed by atoms with E-state index in [4.69, 9.17) is 4.74 Å². The van der Waals surface area contributed by atoms with Crippen molar-refractivity contribution in [2.75, 3.05) is 13.7 Å². The van der Waals surface area contributed by atoms with Crippen LogP contribution in [0.2, 0.25) is 0 Å². The van der Waals surface area contributed by atoms with Crippen molar-refractivity contribution in [3.05, 3.63) is 28.6 Å². The maximum absolute atomic E-state index is 14.2. The van der Waals surface area contributed by atoms with Crippen LogP contribution in [-0.4, -0.2) is 24.2 Å². The Labute approximate surface area is 142 Å². The summed E-state index contributed by atoms with van der Waals surface area (Å²) >= 11 is 1.13. The number of thiazole rings is 1. The zero-order chi connectivity index (χ0) is 17.1. The Morgan fingerprint density at radius 1 is 1.33 bits per heavy atom. The minimum Gasteiger partial charge on any atom is -0.383 e. The zero-order valence-corrected chi connectivity index (χ0v) is 14.4. The molecule has 24 heavy (non-hydrogen) atoms.